The van der Waals surface area contributed by atoms with Crippen LogP contribution in [-0.2, 0) is 6.54 Å². The van der Waals surface area contributed by atoms with E-state index in [-0.39, 0.29) is 16.9 Å². The summed E-state index contributed by atoms with van der Waals surface area (Å²) in [7, 11) is 0. The molecule has 0 saturated heterocycles. The van der Waals surface area contributed by atoms with Crippen LogP contribution in [0.15, 0.2) is 36.4 Å². The number of aromatic nitrogens is 3. The average Bonchev–Trinajstić information content (AvgIpc) is 3.17. The smallest absolute Gasteiger partial charge is 0.262 e. The Kier molecular flexibility index (Phi) is 5.10. The summed E-state index contributed by atoms with van der Waals surface area (Å²) in [5, 5.41) is 7.96. The van der Waals surface area contributed by atoms with Crippen molar-refractivity contribution >= 4 is 44.2 Å². The standard InChI is InChI=1S/C21H18ClFN4OS/c1-11-8-12(2)18-16(9-11)29-21(24-18)25-20(28)17-13(3)26-27(19(17)22)10-14-4-6-15(23)7-5-14/h4-9H,10H2,1-3H3,(H,24,25,28). The molecule has 1 amide bonds. The normalized spacial score (nSPS) is 11.2. The molecule has 148 valence electrons. The number of benzene rings is 2. The predicted octanol–water partition coefficient (Wildman–Crippen LogP) is 5.51. The van der Waals surface area contributed by atoms with Gasteiger partial charge in [-0.05, 0) is 55.7 Å². The van der Waals surface area contributed by atoms with Crippen molar-refractivity contribution in [1.29, 1.82) is 0 Å². The Morgan fingerprint density at radius 2 is 1.93 bits per heavy atom. The molecule has 0 aliphatic rings. The van der Waals surface area contributed by atoms with Crippen molar-refractivity contribution in [1.82, 2.24) is 14.8 Å². The van der Waals surface area contributed by atoms with E-state index in [1.54, 1.807) is 19.1 Å². The van der Waals surface area contributed by atoms with Crippen LogP contribution in [0, 0.1) is 26.6 Å². The number of thiazole rings is 1. The van der Waals surface area contributed by atoms with Gasteiger partial charge >= 0.3 is 0 Å². The van der Waals surface area contributed by atoms with Crippen molar-refractivity contribution in [3.63, 3.8) is 0 Å². The number of halogens is 2. The van der Waals surface area contributed by atoms with Gasteiger partial charge in [0.2, 0.25) is 0 Å². The summed E-state index contributed by atoms with van der Waals surface area (Å²) in [6.07, 6.45) is 0. The summed E-state index contributed by atoms with van der Waals surface area (Å²) in [5.41, 5.74) is 4.75. The van der Waals surface area contributed by atoms with E-state index in [2.05, 4.69) is 27.5 Å². The quantitative estimate of drug-likeness (QED) is 0.466. The van der Waals surface area contributed by atoms with E-state index in [0.29, 0.717) is 22.9 Å². The van der Waals surface area contributed by atoms with Crippen molar-refractivity contribution in [2.45, 2.75) is 27.3 Å². The second kappa shape index (κ2) is 7.57. The van der Waals surface area contributed by atoms with Crippen LogP contribution in [0.3, 0.4) is 0 Å². The maximum atomic E-state index is 13.1. The SMILES string of the molecule is Cc1cc(C)c2nc(NC(=O)c3c(C)nn(Cc4ccc(F)cc4)c3Cl)sc2c1. The molecule has 0 unspecified atom stereocenters. The average molecular weight is 429 g/mol. The molecule has 0 atom stereocenters. The summed E-state index contributed by atoms with van der Waals surface area (Å²) in [5.74, 6) is -0.663. The zero-order valence-corrected chi connectivity index (χ0v) is 17.7. The lowest BCUT2D eigenvalue weighted by atomic mass is 10.1. The van der Waals surface area contributed by atoms with Crippen LogP contribution in [0.2, 0.25) is 5.15 Å². The van der Waals surface area contributed by atoms with E-state index in [4.69, 9.17) is 11.6 Å². The Labute approximate surface area is 176 Å². The molecule has 0 bridgehead atoms. The molecule has 0 spiro atoms. The fourth-order valence-electron chi connectivity index (χ4n) is 3.26. The zero-order chi connectivity index (χ0) is 20.7. The Morgan fingerprint density at radius 1 is 1.21 bits per heavy atom. The molecule has 5 nitrogen and oxygen atoms in total. The molecule has 8 heteroatoms. The number of nitrogens with zero attached hydrogens (tertiary/aromatic N) is 3. The Hall–Kier alpha value is -2.77. The van der Waals surface area contributed by atoms with E-state index in [9.17, 15) is 9.18 Å². The largest absolute Gasteiger partial charge is 0.298 e. The topological polar surface area (TPSA) is 59.8 Å². The first-order chi connectivity index (χ1) is 13.8. The van der Waals surface area contributed by atoms with Crippen molar-refractivity contribution < 1.29 is 9.18 Å². The first-order valence-corrected chi connectivity index (χ1v) is 10.2. The highest BCUT2D eigenvalue weighted by Crippen LogP contribution is 2.30. The van der Waals surface area contributed by atoms with Gasteiger partial charge in [0.05, 0.1) is 28.0 Å². The Balaban J connectivity index is 1.60. The molecule has 2 aromatic carbocycles. The van der Waals surface area contributed by atoms with Crippen LogP contribution in [0.5, 0.6) is 0 Å². The monoisotopic (exact) mass is 428 g/mol. The summed E-state index contributed by atoms with van der Waals surface area (Å²) < 4.78 is 15.7. The number of fused-ring (bicyclic) bond motifs is 1. The lowest BCUT2D eigenvalue weighted by molar-refractivity contribution is 0.102. The minimum absolute atomic E-state index is 0.234. The van der Waals surface area contributed by atoms with Crippen LogP contribution in [0.4, 0.5) is 9.52 Å². The van der Waals surface area contributed by atoms with Gasteiger partial charge in [0.25, 0.3) is 5.91 Å². The summed E-state index contributed by atoms with van der Waals surface area (Å²) >= 11 is 7.87. The molecule has 2 aromatic heterocycles. The molecular weight excluding hydrogens is 411 g/mol. The van der Waals surface area contributed by atoms with Gasteiger partial charge in [-0.15, -0.1) is 0 Å². The van der Waals surface area contributed by atoms with E-state index in [1.165, 1.54) is 28.2 Å². The number of carbonyl (C=O) groups is 1. The van der Waals surface area contributed by atoms with Crippen LogP contribution < -0.4 is 5.32 Å². The van der Waals surface area contributed by atoms with E-state index < -0.39 is 0 Å². The van der Waals surface area contributed by atoms with E-state index in [1.807, 2.05) is 13.8 Å². The molecule has 0 fully saturated rings. The second-order valence-corrected chi connectivity index (χ2v) is 8.33. The zero-order valence-electron chi connectivity index (χ0n) is 16.1. The maximum absolute atomic E-state index is 13.1. The molecular formula is C21H18ClFN4OS. The van der Waals surface area contributed by atoms with Gasteiger partial charge in [0, 0.05) is 0 Å². The first kappa shape index (κ1) is 19.5. The molecule has 0 aliphatic heterocycles. The molecule has 29 heavy (non-hydrogen) atoms. The Bertz CT molecular complexity index is 1230. The van der Waals surface area contributed by atoms with Crippen LogP contribution in [-0.4, -0.2) is 20.7 Å². The van der Waals surface area contributed by atoms with Crippen LogP contribution in [0.1, 0.15) is 32.7 Å². The van der Waals surface area contributed by atoms with Gasteiger partial charge in [0.15, 0.2) is 5.13 Å². The van der Waals surface area contributed by atoms with Crippen molar-refractivity contribution in [2.75, 3.05) is 5.32 Å². The van der Waals surface area contributed by atoms with Gasteiger partial charge in [0.1, 0.15) is 11.0 Å². The minimum atomic E-state index is -0.355. The third kappa shape index (κ3) is 3.88. The summed E-state index contributed by atoms with van der Waals surface area (Å²) in [6.45, 7) is 6.10. The van der Waals surface area contributed by atoms with E-state index >= 15 is 0 Å². The number of nitrogens with one attached hydrogen (secondary N) is 1. The number of amides is 1. The number of hydrogen-bond donors (Lipinski definition) is 1. The van der Waals surface area contributed by atoms with Crippen molar-refractivity contribution in [2.24, 2.45) is 0 Å². The predicted molar refractivity (Wildman–Crippen MR) is 115 cm³/mol. The number of carbonyl (C=O) groups excluding carboxylic acids is 1. The molecule has 1 N–H and O–H groups in total. The van der Waals surface area contributed by atoms with Gasteiger partial charge in [-0.2, -0.15) is 5.10 Å². The summed E-state index contributed by atoms with van der Waals surface area (Å²) in [4.78, 5) is 17.4. The van der Waals surface area contributed by atoms with Crippen LogP contribution >= 0.6 is 22.9 Å². The third-order valence-corrected chi connectivity index (χ3v) is 5.89. The lowest BCUT2D eigenvalue weighted by Crippen LogP contribution is -2.13. The van der Waals surface area contributed by atoms with Crippen LogP contribution in [0.25, 0.3) is 10.2 Å². The van der Waals surface area contributed by atoms with Gasteiger partial charge in [-0.1, -0.05) is 41.1 Å². The van der Waals surface area contributed by atoms with Crippen molar-refractivity contribution in [3.8, 4) is 0 Å². The maximum Gasteiger partial charge on any atom is 0.262 e. The number of rotatable bonds is 4. The van der Waals surface area contributed by atoms with Crippen molar-refractivity contribution in [3.05, 3.63) is 75.3 Å². The highest BCUT2D eigenvalue weighted by molar-refractivity contribution is 7.22. The minimum Gasteiger partial charge on any atom is -0.298 e. The van der Waals surface area contributed by atoms with Gasteiger partial charge < -0.3 is 0 Å². The molecule has 4 rings (SSSR count). The fraction of sp³-hybridized carbons (Fsp3) is 0.190. The Morgan fingerprint density at radius 3 is 2.66 bits per heavy atom. The summed E-state index contributed by atoms with van der Waals surface area (Å²) in [6, 6.07) is 10.2. The fourth-order valence-corrected chi connectivity index (χ4v) is 4.62. The highest BCUT2D eigenvalue weighted by Gasteiger charge is 2.22. The molecule has 4 aromatic rings. The molecule has 2 heterocycles. The number of aryl methyl sites for hydroxylation is 3. The highest BCUT2D eigenvalue weighted by atomic mass is 35.5. The van der Waals surface area contributed by atoms with Gasteiger partial charge in [-0.25, -0.2) is 14.1 Å². The first-order valence-electron chi connectivity index (χ1n) is 8.98. The number of hydrogen-bond acceptors (Lipinski definition) is 4. The molecule has 0 aliphatic carbocycles. The van der Waals surface area contributed by atoms with Gasteiger partial charge in [-0.3, -0.25) is 10.1 Å². The molecule has 0 saturated carbocycles. The molecule has 0 radical (unpaired) electrons. The third-order valence-electron chi connectivity index (χ3n) is 4.59. The number of anilines is 1. The van der Waals surface area contributed by atoms with E-state index in [0.717, 1.165) is 26.9 Å². The lowest BCUT2D eigenvalue weighted by Gasteiger charge is -2.04. The second-order valence-electron chi connectivity index (χ2n) is 6.94.